The van der Waals surface area contributed by atoms with Crippen LogP contribution in [0.1, 0.15) is 30.0 Å². The Morgan fingerprint density at radius 3 is 2.61 bits per heavy atom. The van der Waals surface area contributed by atoms with Gasteiger partial charge in [-0.05, 0) is 32.5 Å². The van der Waals surface area contributed by atoms with E-state index in [0.717, 1.165) is 36.1 Å². The predicted octanol–water partition coefficient (Wildman–Crippen LogP) is 1.45. The molecule has 0 radical (unpaired) electrons. The van der Waals surface area contributed by atoms with E-state index in [2.05, 4.69) is 27.3 Å². The third-order valence-electron chi connectivity index (χ3n) is 2.69. The minimum atomic E-state index is 0.673. The first-order valence-corrected chi connectivity index (χ1v) is 6.22. The maximum absolute atomic E-state index is 4.60. The van der Waals surface area contributed by atoms with E-state index in [0.29, 0.717) is 6.54 Å². The first kappa shape index (κ1) is 12.7. The van der Waals surface area contributed by atoms with Gasteiger partial charge >= 0.3 is 0 Å². The Morgan fingerprint density at radius 2 is 1.94 bits per heavy atom. The minimum Gasteiger partial charge on any atom is -0.311 e. The molecule has 2 rings (SSSR count). The number of hydrogen-bond acceptors (Lipinski definition) is 4. The molecule has 0 atom stereocenters. The first-order valence-electron chi connectivity index (χ1n) is 6.22. The molecule has 0 aliphatic rings. The molecule has 96 valence electrons. The van der Waals surface area contributed by atoms with Gasteiger partial charge in [0, 0.05) is 6.54 Å². The summed E-state index contributed by atoms with van der Waals surface area (Å²) < 4.78 is 1.88. The van der Waals surface area contributed by atoms with E-state index >= 15 is 0 Å². The van der Waals surface area contributed by atoms with E-state index in [1.165, 1.54) is 0 Å². The van der Waals surface area contributed by atoms with Crippen LogP contribution in [0.25, 0.3) is 0 Å². The Kier molecular flexibility index (Phi) is 4.04. The van der Waals surface area contributed by atoms with Crippen molar-refractivity contribution in [3.63, 3.8) is 0 Å². The molecule has 1 N–H and O–H groups in total. The average molecular weight is 245 g/mol. The van der Waals surface area contributed by atoms with Gasteiger partial charge in [-0.25, -0.2) is 9.67 Å². The molecular formula is C13H19N5. The number of aromatic nitrogens is 4. The highest BCUT2D eigenvalue weighted by atomic mass is 15.3. The van der Waals surface area contributed by atoms with Gasteiger partial charge < -0.3 is 5.32 Å². The summed E-state index contributed by atoms with van der Waals surface area (Å²) in [5.74, 6) is 1.72. The molecule has 5 nitrogen and oxygen atoms in total. The van der Waals surface area contributed by atoms with Gasteiger partial charge in [0.2, 0.25) is 0 Å². The maximum Gasteiger partial charge on any atom is 0.147 e. The van der Waals surface area contributed by atoms with Gasteiger partial charge in [0.05, 0.1) is 17.9 Å². The van der Waals surface area contributed by atoms with Crippen molar-refractivity contribution in [2.45, 2.75) is 33.9 Å². The van der Waals surface area contributed by atoms with Crippen LogP contribution in [0.15, 0.2) is 18.2 Å². The molecule has 2 heterocycles. The van der Waals surface area contributed by atoms with Crippen molar-refractivity contribution >= 4 is 0 Å². The molecule has 0 bridgehead atoms. The molecule has 0 saturated carbocycles. The molecule has 0 amide bonds. The lowest BCUT2D eigenvalue weighted by molar-refractivity contribution is 0.636. The summed E-state index contributed by atoms with van der Waals surface area (Å²) in [6.45, 7) is 8.38. The van der Waals surface area contributed by atoms with Crippen LogP contribution in [0.4, 0.5) is 0 Å². The van der Waals surface area contributed by atoms with Gasteiger partial charge in [-0.2, -0.15) is 5.10 Å². The number of nitrogens with one attached hydrogen (secondary N) is 1. The van der Waals surface area contributed by atoms with Crippen molar-refractivity contribution in [1.29, 1.82) is 0 Å². The summed E-state index contributed by atoms with van der Waals surface area (Å²) in [5, 5.41) is 7.62. The quantitative estimate of drug-likeness (QED) is 0.866. The van der Waals surface area contributed by atoms with Crippen LogP contribution >= 0.6 is 0 Å². The van der Waals surface area contributed by atoms with E-state index in [-0.39, 0.29) is 0 Å². The van der Waals surface area contributed by atoms with Crippen LogP contribution < -0.4 is 5.32 Å². The van der Waals surface area contributed by atoms with Gasteiger partial charge in [-0.1, -0.05) is 13.0 Å². The third kappa shape index (κ3) is 3.13. The zero-order valence-corrected chi connectivity index (χ0v) is 11.1. The molecule has 5 heteroatoms. The lowest BCUT2D eigenvalue weighted by atomic mass is 10.3. The van der Waals surface area contributed by atoms with Crippen molar-refractivity contribution in [3.05, 3.63) is 41.2 Å². The highest BCUT2D eigenvalue weighted by molar-refractivity contribution is 5.11. The fourth-order valence-corrected chi connectivity index (χ4v) is 1.83. The topological polar surface area (TPSA) is 55.6 Å². The second-order valence-corrected chi connectivity index (χ2v) is 4.26. The van der Waals surface area contributed by atoms with E-state index in [1.54, 1.807) is 0 Å². The standard InChI is InChI=1S/C13H19N5/c1-4-14-8-12-6-5-7-13(16-12)9-18-11(3)15-10(2)17-18/h5-7,14H,4,8-9H2,1-3H3. The lowest BCUT2D eigenvalue weighted by Gasteiger charge is -2.06. The summed E-state index contributed by atoms with van der Waals surface area (Å²) in [7, 11) is 0. The first-order chi connectivity index (χ1) is 8.69. The van der Waals surface area contributed by atoms with E-state index in [9.17, 15) is 0 Å². The maximum atomic E-state index is 4.60. The van der Waals surface area contributed by atoms with Crippen molar-refractivity contribution in [1.82, 2.24) is 25.1 Å². The average Bonchev–Trinajstić information content (AvgIpc) is 2.66. The zero-order valence-electron chi connectivity index (χ0n) is 11.1. The summed E-state index contributed by atoms with van der Waals surface area (Å²) in [6.07, 6.45) is 0. The molecule has 0 aliphatic carbocycles. The molecule has 0 unspecified atom stereocenters. The molecule has 0 spiro atoms. The summed E-state index contributed by atoms with van der Waals surface area (Å²) in [4.78, 5) is 8.90. The third-order valence-corrected chi connectivity index (χ3v) is 2.69. The van der Waals surface area contributed by atoms with Crippen LogP contribution in [-0.2, 0) is 13.1 Å². The number of hydrogen-bond donors (Lipinski definition) is 1. The van der Waals surface area contributed by atoms with Gasteiger partial charge in [0.15, 0.2) is 0 Å². The van der Waals surface area contributed by atoms with Gasteiger partial charge in [0.25, 0.3) is 0 Å². The molecule has 2 aromatic heterocycles. The van der Waals surface area contributed by atoms with Crippen molar-refractivity contribution in [2.75, 3.05) is 6.54 Å². The second kappa shape index (κ2) is 5.73. The molecule has 0 aliphatic heterocycles. The fourth-order valence-electron chi connectivity index (χ4n) is 1.83. The lowest BCUT2D eigenvalue weighted by Crippen LogP contribution is -2.14. The largest absolute Gasteiger partial charge is 0.311 e. The SMILES string of the molecule is CCNCc1cccc(Cn2nc(C)nc2C)n1. The molecular weight excluding hydrogens is 226 g/mol. The Bertz CT molecular complexity index is 518. The Hall–Kier alpha value is -1.75. The van der Waals surface area contributed by atoms with Crippen LogP contribution in [0.3, 0.4) is 0 Å². The monoisotopic (exact) mass is 245 g/mol. The van der Waals surface area contributed by atoms with Crippen molar-refractivity contribution in [3.8, 4) is 0 Å². The normalized spacial score (nSPS) is 10.8. The molecule has 0 aromatic carbocycles. The number of aryl methyl sites for hydroxylation is 2. The van der Waals surface area contributed by atoms with E-state index < -0.39 is 0 Å². The van der Waals surface area contributed by atoms with Crippen molar-refractivity contribution in [2.24, 2.45) is 0 Å². The van der Waals surface area contributed by atoms with Crippen LogP contribution in [0.5, 0.6) is 0 Å². The molecule has 18 heavy (non-hydrogen) atoms. The number of rotatable bonds is 5. The Balaban J connectivity index is 2.11. The highest BCUT2D eigenvalue weighted by Gasteiger charge is 2.04. The predicted molar refractivity (Wildman–Crippen MR) is 70.2 cm³/mol. The summed E-state index contributed by atoms with van der Waals surface area (Å²) >= 11 is 0. The Morgan fingerprint density at radius 1 is 1.17 bits per heavy atom. The van der Waals surface area contributed by atoms with Crippen LogP contribution in [0, 0.1) is 13.8 Å². The Labute approximate surface area is 107 Å². The van der Waals surface area contributed by atoms with Crippen molar-refractivity contribution < 1.29 is 0 Å². The van der Waals surface area contributed by atoms with Gasteiger partial charge in [-0.3, -0.25) is 4.98 Å². The fraction of sp³-hybridized carbons (Fsp3) is 0.462. The summed E-state index contributed by atoms with van der Waals surface area (Å²) in [5.41, 5.74) is 2.07. The number of nitrogens with zero attached hydrogens (tertiary/aromatic N) is 4. The van der Waals surface area contributed by atoms with Crippen LogP contribution in [0.2, 0.25) is 0 Å². The zero-order chi connectivity index (χ0) is 13.0. The van der Waals surface area contributed by atoms with Crippen LogP contribution in [-0.4, -0.2) is 26.3 Å². The highest BCUT2D eigenvalue weighted by Crippen LogP contribution is 2.04. The van der Waals surface area contributed by atoms with E-state index in [1.807, 2.05) is 36.7 Å². The smallest absolute Gasteiger partial charge is 0.147 e. The second-order valence-electron chi connectivity index (χ2n) is 4.26. The number of pyridine rings is 1. The van der Waals surface area contributed by atoms with Gasteiger partial charge in [0.1, 0.15) is 11.6 Å². The molecule has 0 saturated heterocycles. The summed E-state index contributed by atoms with van der Waals surface area (Å²) in [6, 6.07) is 6.09. The van der Waals surface area contributed by atoms with Gasteiger partial charge in [-0.15, -0.1) is 0 Å². The molecule has 0 fully saturated rings. The minimum absolute atomic E-state index is 0.673. The molecule has 2 aromatic rings. The van der Waals surface area contributed by atoms with E-state index in [4.69, 9.17) is 0 Å².